The van der Waals surface area contributed by atoms with Crippen LogP contribution in [0.15, 0.2) is 47.8 Å². The van der Waals surface area contributed by atoms with Crippen LogP contribution in [-0.4, -0.2) is 28.2 Å². The Morgan fingerprint density at radius 2 is 1.96 bits per heavy atom. The van der Waals surface area contributed by atoms with Gasteiger partial charge in [0.2, 0.25) is 5.91 Å². The van der Waals surface area contributed by atoms with Crippen molar-refractivity contribution < 1.29 is 18.0 Å². The molecule has 0 aliphatic carbocycles. The molecule has 0 aliphatic rings. The molecule has 0 radical (unpaired) electrons. The third kappa shape index (κ3) is 5.46. The van der Waals surface area contributed by atoms with Gasteiger partial charge in [0.15, 0.2) is 5.16 Å². The highest BCUT2D eigenvalue weighted by Gasteiger charge is 2.32. The number of nitrogens with zero attached hydrogens (tertiary/aromatic N) is 4. The highest BCUT2D eigenvalue weighted by molar-refractivity contribution is 7.99. The molecule has 1 aromatic heterocycles. The van der Waals surface area contributed by atoms with Gasteiger partial charge in [-0.3, -0.25) is 4.79 Å². The molecule has 0 aliphatic heterocycles. The maximum Gasteiger partial charge on any atom is 0.433 e. The number of alkyl halides is 3. The Labute approximate surface area is 146 Å². The summed E-state index contributed by atoms with van der Waals surface area (Å²) in [6.07, 6.45) is -3.41. The SMILES string of the molecule is N#CCCN(C(=O)CSc1nccc(C(F)(F)F)n1)c1ccccc1. The van der Waals surface area contributed by atoms with E-state index >= 15 is 0 Å². The minimum absolute atomic E-state index is 0.128. The molecule has 5 nitrogen and oxygen atoms in total. The van der Waals surface area contributed by atoms with Crippen LogP contribution in [0, 0.1) is 11.3 Å². The van der Waals surface area contributed by atoms with Gasteiger partial charge in [-0.25, -0.2) is 9.97 Å². The number of amides is 1. The molecule has 1 heterocycles. The molecule has 0 spiro atoms. The standard InChI is InChI=1S/C16H13F3N4OS/c17-16(18,19)13-7-9-21-15(22-13)25-11-14(24)23(10-4-8-20)12-5-2-1-3-6-12/h1-3,5-7,9H,4,10-11H2. The fraction of sp³-hybridized carbons (Fsp3) is 0.250. The average molecular weight is 366 g/mol. The van der Waals surface area contributed by atoms with E-state index in [0.717, 1.165) is 24.0 Å². The second-order valence-corrected chi connectivity index (χ2v) is 5.74. The van der Waals surface area contributed by atoms with Crippen molar-refractivity contribution in [2.75, 3.05) is 17.2 Å². The lowest BCUT2D eigenvalue weighted by molar-refractivity contribution is -0.141. The number of carbonyl (C=O) groups is 1. The second kappa shape index (κ2) is 8.48. The van der Waals surface area contributed by atoms with E-state index in [2.05, 4.69) is 9.97 Å². The van der Waals surface area contributed by atoms with Crippen LogP contribution in [-0.2, 0) is 11.0 Å². The van der Waals surface area contributed by atoms with E-state index in [4.69, 9.17) is 5.26 Å². The fourth-order valence-electron chi connectivity index (χ4n) is 1.94. The summed E-state index contributed by atoms with van der Waals surface area (Å²) in [5.74, 6) is -0.478. The zero-order valence-electron chi connectivity index (χ0n) is 12.9. The van der Waals surface area contributed by atoms with E-state index in [0.29, 0.717) is 5.69 Å². The molecule has 0 bridgehead atoms. The van der Waals surface area contributed by atoms with Crippen molar-refractivity contribution in [1.82, 2.24) is 9.97 Å². The van der Waals surface area contributed by atoms with Crippen LogP contribution in [0.3, 0.4) is 0 Å². The maximum atomic E-state index is 12.7. The van der Waals surface area contributed by atoms with Crippen LogP contribution in [0.2, 0.25) is 0 Å². The maximum absolute atomic E-state index is 12.7. The predicted molar refractivity (Wildman–Crippen MR) is 86.8 cm³/mol. The Bertz CT molecular complexity index is 762. The summed E-state index contributed by atoms with van der Waals surface area (Å²) in [7, 11) is 0. The number of para-hydroxylation sites is 1. The van der Waals surface area contributed by atoms with Crippen molar-refractivity contribution in [2.45, 2.75) is 17.8 Å². The van der Waals surface area contributed by atoms with Crippen LogP contribution < -0.4 is 4.90 Å². The minimum Gasteiger partial charge on any atom is -0.311 e. The summed E-state index contributed by atoms with van der Waals surface area (Å²) in [5, 5.41) is 8.61. The van der Waals surface area contributed by atoms with E-state index in [1.165, 1.54) is 4.90 Å². The first kappa shape index (κ1) is 18.7. The van der Waals surface area contributed by atoms with Crippen molar-refractivity contribution in [3.8, 4) is 6.07 Å². The van der Waals surface area contributed by atoms with Gasteiger partial charge in [-0.15, -0.1) is 0 Å². The number of halogens is 3. The number of anilines is 1. The first-order valence-electron chi connectivity index (χ1n) is 7.17. The first-order valence-corrected chi connectivity index (χ1v) is 8.16. The van der Waals surface area contributed by atoms with E-state index in [1.807, 2.05) is 6.07 Å². The molecule has 2 rings (SSSR count). The lowest BCUT2D eigenvalue weighted by Gasteiger charge is -2.21. The van der Waals surface area contributed by atoms with Gasteiger partial charge in [-0.1, -0.05) is 30.0 Å². The average Bonchev–Trinajstić information content (AvgIpc) is 2.61. The third-order valence-electron chi connectivity index (χ3n) is 3.06. The van der Waals surface area contributed by atoms with Gasteiger partial charge < -0.3 is 4.90 Å². The van der Waals surface area contributed by atoms with Gasteiger partial charge in [0.05, 0.1) is 18.2 Å². The molecule has 130 valence electrons. The molecule has 1 aromatic carbocycles. The molecule has 25 heavy (non-hydrogen) atoms. The molecule has 0 fully saturated rings. The summed E-state index contributed by atoms with van der Waals surface area (Å²) in [6, 6.07) is 11.5. The highest BCUT2D eigenvalue weighted by atomic mass is 32.2. The molecule has 2 aromatic rings. The minimum atomic E-state index is -4.56. The lowest BCUT2D eigenvalue weighted by atomic mass is 10.2. The molecule has 1 amide bonds. The van der Waals surface area contributed by atoms with Crippen LogP contribution in [0.4, 0.5) is 18.9 Å². The Kier molecular flexibility index (Phi) is 6.36. The molecule has 0 saturated heterocycles. The van der Waals surface area contributed by atoms with Gasteiger partial charge in [0.1, 0.15) is 5.69 Å². The van der Waals surface area contributed by atoms with E-state index in [1.54, 1.807) is 30.3 Å². The van der Waals surface area contributed by atoms with Crippen molar-refractivity contribution >= 4 is 23.4 Å². The second-order valence-electron chi connectivity index (χ2n) is 4.80. The highest BCUT2D eigenvalue weighted by Crippen LogP contribution is 2.28. The number of benzene rings is 1. The molecular formula is C16H13F3N4OS. The fourth-order valence-corrected chi connectivity index (χ4v) is 2.65. The summed E-state index contributed by atoms with van der Waals surface area (Å²) >= 11 is 0.819. The van der Waals surface area contributed by atoms with E-state index in [-0.39, 0.29) is 29.8 Å². The molecular weight excluding hydrogens is 353 g/mol. The van der Waals surface area contributed by atoms with Crippen LogP contribution in [0.25, 0.3) is 0 Å². The van der Waals surface area contributed by atoms with Crippen LogP contribution >= 0.6 is 11.8 Å². The molecule has 0 saturated carbocycles. The van der Waals surface area contributed by atoms with Crippen molar-refractivity contribution in [2.24, 2.45) is 0 Å². The van der Waals surface area contributed by atoms with Crippen LogP contribution in [0.1, 0.15) is 12.1 Å². The number of hydrogen-bond donors (Lipinski definition) is 0. The van der Waals surface area contributed by atoms with Gasteiger partial charge in [0.25, 0.3) is 0 Å². The topological polar surface area (TPSA) is 69.9 Å². The van der Waals surface area contributed by atoms with Crippen molar-refractivity contribution in [1.29, 1.82) is 5.26 Å². The number of thioether (sulfide) groups is 1. The van der Waals surface area contributed by atoms with Gasteiger partial charge >= 0.3 is 6.18 Å². The molecule has 0 atom stereocenters. The van der Waals surface area contributed by atoms with Crippen LogP contribution in [0.5, 0.6) is 0 Å². The van der Waals surface area contributed by atoms with E-state index in [9.17, 15) is 18.0 Å². The number of hydrogen-bond acceptors (Lipinski definition) is 5. The number of nitriles is 1. The Balaban J connectivity index is 2.08. The van der Waals surface area contributed by atoms with Gasteiger partial charge in [-0.2, -0.15) is 18.4 Å². The molecule has 0 unspecified atom stereocenters. The number of aromatic nitrogens is 2. The van der Waals surface area contributed by atoms with E-state index < -0.39 is 11.9 Å². The predicted octanol–water partition coefficient (Wildman–Crippen LogP) is 3.53. The summed E-state index contributed by atoms with van der Waals surface area (Å²) in [6.45, 7) is 0.198. The monoisotopic (exact) mass is 366 g/mol. The molecule has 0 N–H and O–H groups in total. The first-order chi connectivity index (χ1) is 11.9. The Morgan fingerprint density at radius 3 is 2.60 bits per heavy atom. The zero-order chi connectivity index (χ0) is 18.3. The number of rotatable bonds is 6. The van der Waals surface area contributed by atoms with Gasteiger partial charge in [-0.05, 0) is 18.2 Å². The van der Waals surface area contributed by atoms with Crippen molar-refractivity contribution in [3.05, 3.63) is 48.3 Å². The zero-order valence-corrected chi connectivity index (χ0v) is 13.7. The quantitative estimate of drug-likeness (QED) is 0.578. The Morgan fingerprint density at radius 1 is 1.24 bits per heavy atom. The smallest absolute Gasteiger partial charge is 0.311 e. The van der Waals surface area contributed by atoms with Gasteiger partial charge in [0, 0.05) is 18.4 Å². The van der Waals surface area contributed by atoms with Crippen molar-refractivity contribution in [3.63, 3.8) is 0 Å². The summed E-state index contributed by atoms with van der Waals surface area (Å²) in [4.78, 5) is 21.0. The number of carbonyl (C=O) groups excluding carboxylic acids is 1. The molecule has 9 heteroatoms. The largest absolute Gasteiger partial charge is 0.433 e. The third-order valence-corrected chi connectivity index (χ3v) is 3.91. The Hall–Kier alpha value is -2.60. The normalized spacial score (nSPS) is 11.0. The lowest BCUT2D eigenvalue weighted by Crippen LogP contribution is -2.33. The summed E-state index contributed by atoms with van der Waals surface area (Å²) in [5.41, 5.74) is -0.435. The summed E-state index contributed by atoms with van der Waals surface area (Å²) < 4.78 is 38.0.